The molecule has 2 rings (SSSR count). The van der Waals surface area contributed by atoms with E-state index in [1.807, 2.05) is 44.2 Å². The van der Waals surface area contributed by atoms with Gasteiger partial charge < -0.3 is 15.0 Å². The molecule has 24 heavy (non-hydrogen) atoms. The van der Waals surface area contributed by atoms with Crippen molar-refractivity contribution in [3.05, 3.63) is 47.4 Å². The number of aromatic nitrogens is 2. The number of benzene rings is 1. The maximum absolute atomic E-state index is 11.6. The Morgan fingerprint density at radius 1 is 1.25 bits per heavy atom. The summed E-state index contributed by atoms with van der Waals surface area (Å²) in [6.45, 7) is 4.66. The number of likely N-dealkylation sites (N-methyl/N-ethyl adjacent to an activating group) is 1. The maximum Gasteiger partial charge on any atom is 0.259 e. The van der Waals surface area contributed by atoms with Crippen molar-refractivity contribution in [3.8, 4) is 5.75 Å². The number of amides is 1. The van der Waals surface area contributed by atoms with E-state index < -0.39 is 0 Å². The summed E-state index contributed by atoms with van der Waals surface area (Å²) < 4.78 is 5.53. The van der Waals surface area contributed by atoms with Crippen molar-refractivity contribution in [2.45, 2.75) is 26.8 Å². The average molecular weight is 328 g/mol. The fourth-order valence-electron chi connectivity index (χ4n) is 2.09. The van der Waals surface area contributed by atoms with E-state index in [1.54, 1.807) is 14.1 Å². The van der Waals surface area contributed by atoms with Crippen LogP contribution in [0.25, 0.3) is 0 Å². The fourth-order valence-corrected chi connectivity index (χ4v) is 2.09. The first-order chi connectivity index (χ1) is 11.5. The Morgan fingerprint density at radius 3 is 2.75 bits per heavy atom. The molecule has 1 amide bonds. The maximum atomic E-state index is 11.6. The largest absolute Gasteiger partial charge is 0.484 e. The van der Waals surface area contributed by atoms with E-state index in [2.05, 4.69) is 15.3 Å². The minimum atomic E-state index is -0.0675. The first-order valence-electron chi connectivity index (χ1n) is 7.98. The van der Waals surface area contributed by atoms with Crippen LogP contribution >= 0.6 is 0 Å². The van der Waals surface area contributed by atoms with Crippen LogP contribution in [0.1, 0.15) is 24.0 Å². The highest BCUT2D eigenvalue weighted by Crippen LogP contribution is 2.15. The highest BCUT2D eigenvalue weighted by atomic mass is 16.5. The van der Waals surface area contributed by atoms with E-state index in [0.717, 1.165) is 29.3 Å². The van der Waals surface area contributed by atoms with Crippen molar-refractivity contribution in [2.75, 3.05) is 26.0 Å². The summed E-state index contributed by atoms with van der Waals surface area (Å²) in [5.41, 5.74) is 2.00. The highest BCUT2D eigenvalue weighted by molar-refractivity contribution is 5.77. The second-order valence-electron chi connectivity index (χ2n) is 5.74. The van der Waals surface area contributed by atoms with E-state index in [1.165, 1.54) is 4.90 Å². The summed E-state index contributed by atoms with van der Waals surface area (Å²) in [6, 6.07) is 9.61. The van der Waals surface area contributed by atoms with Gasteiger partial charge in [0.1, 0.15) is 17.4 Å². The minimum Gasteiger partial charge on any atom is -0.484 e. The molecule has 1 N–H and O–H groups in total. The molecule has 0 saturated heterocycles. The minimum absolute atomic E-state index is 0.0366. The smallest absolute Gasteiger partial charge is 0.259 e. The Morgan fingerprint density at radius 2 is 2.04 bits per heavy atom. The van der Waals surface area contributed by atoms with Gasteiger partial charge in [-0.25, -0.2) is 9.97 Å². The number of ether oxygens (including phenoxy) is 1. The van der Waals surface area contributed by atoms with Gasteiger partial charge in [-0.1, -0.05) is 19.1 Å². The molecule has 0 fully saturated rings. The molecule has 0 aliphatic heterocycles. The van der Waals surface area contributed by atoms with Gasteiger partial charge in [-0.15, -0.1) is 0 Å². The van der Waals surface area contributed by atoms with Gasteiger partial charge in [0.25, 0.3) is 5.91 Å². The van der Waals surface area contributed by atoms with Crippen LogP contribution in [-0.2, 0) is 17.8 Å². The predicted octanol–water partition coefficient (Wildman–Crippen LogP) is 2.43. The lowest BCUT2D eigenvalue weighted by Gasteiger charge is -2.12. The van der Waals surface area contributed by atoms with Gasteiger partial charge in [-0.2, -0.15) is 0 Å². The monoisotopic (exact) mass is 328 g/mol. The molecule has 0 aliphatic rings. The summed E-state index contributed by atoms with van der Waals surface area (Å²) in [4.78, 5) is 21.9. The van der Waals surface area contributed by atoms with Crippen LogP contribution in [0.15, 0.2) is 30.3 Å². The molecule has 1 aromatic heterocycles. The number of nitrogens with one attached hydrogen (secondary N) is 1. The second-order valence-corrected chi connectivity index (χ2v) is 5.74. The number of anilines is 1. The van der Waals surface area contributed by atoms with Crippen molar-refractivity contribution >= 4 is 11.7 Å². The number of nitrogens with zero attached hydrogens (tertiary/aromatic N) is 3. The lowest BCUT2D eigenvalue weighted by atomic mass is 10.2. The van der Waals surface area contributed by atoms with Gasteiger partial charge in [0, 0.05) is 38.8 Å². The number of rotatable bonds is 7. The Kier molecular flexibility index (Phi) is 6.12. The molecule has 0 radical (unpaired) electrons. The summed E-state index contributed by atoms with van der Waals surface area (Å²) in [7, 11) is 3.42. The zero-order chi connectivity index (χ0) is 17.5. The normalized spacial score (nSPS) is 10.3. The van der Waals surface area contributed by atoms with Gasteiger partial charge >= 0.3 is 0 Å². The summed E-state index contributed by atoms with van der Waals surface area (Å²) in [5.74, 6) is 2.25. The third-order valence-electron chi connectivity index (χ3n) is 3.45. The molecule has 1 heterocycles. The third-order valence-corrected chi connectivity index (χ3v) is 3.45. The standard InChI is InChI=1S/C18H24N4O2/c1-5-16-20-13(2)9-17(21-16)19-11-14-7-6-8-15(10-14)24-12-18(23)22(3)4/h6-10H,5,11-12H2,1-4H3,(H,19,20,21). The van der Waals surface area contributed by atoms with Crippen LogP contribution in [0.3, 0.4) is 0 Å². The van der Waals surface area contributed by atoms with Crippen molar-refractivity contribution in [1.82, 2.24) is 14.9 Å². The van der Waals surface area contributed by atoms with E-state index in [4.69, 9.17) is 4.74 Å². The average Bonchev–Trinajstić information content (AvgIpc) is 2.57. The molecule has 0 spiro atoms. The summed E-state index contributed by atoms with van der Waals surface area (Å²) in [5, 5.41) is 3.30. The molecule has 0 bridgehead atoms. The van der Waals surface area contributed by atoms with Crippen molar-refractivity contribution in [2.24, 2.45) is 0 Å². The zero-order valence-corrected chi connectivity index (χ0v) is 14.7. The summed E-state index contributed by atoms with van der Waals surface area (Å²) >= 11 is 0. The fraction of sp³-hybridized carbons (Fsp3) is 0.389. The van der Waals surface area contributed by atoms with E-state index >= 15 is 0 Å². The van der Waals surface area contributed by atoms with Gasteiger partial charge in [-0.05, 0) is 24.6 Å². The molecule has 6 heteroatoms. The van der Waals surface area contributed by atoms with Gasteiger partial charge in [0.15, 0.2) is 6.61 Å². The van der Waals surface area contributed by atoms with Crippen LogP contribution in [0, 0.1) is 6.92 Å². The van der Waals surface area contributed by atoms with Gasteiger partial charge in [0.2, 0.25) is 0 Å². The molecule has 6 nitrogen and oxygen atoms in total. The van der Waals surface area contributed by atoms with Crippen LogP contribution < -0.4 is 10.1 Å². The topological polar surface area (TPSA) is 67.4 Å². The van der Waals surface area contributed by atoms with Crippen molar-refractivity contribution < 1.29 is 9.53 Å². The molecule has 0 aliphatic carbocycles. The summed E-state index contributed by atoms with van der Waals surface area (Å²) in [6.07, 6.45) is 0.805. The molecule has 2 aromatic rings. The zero-order valence-electron chi connectivity index (χ0n) is 14.7. The van der Waals surface area contributed by atoms with Crippen LogP contribution in [0.4, 0.5) is 5.82 Å². The molecule has 1 aromatic carbocycles. The highest BCUT2D eigenvalue weighted by Gasteiger charge is 2.06. The number of hydrogen-bond acceptors (Lipinski definition) is 5. The van der Waals surface area contributed by atoms with Gasteiger partial charge in [-0.3, -0.25) is 4.79 Å². The Balaban J connectivity index is 1.97. The predicted molar refractivity (Wildman–Crippen MR) is 94.1 cm³/mol. The first-order valence-corrected chi connectivity index (χ1v) is 7.98. The molecule has 0 saturated carbocycles. The molecular weight excluding hydrogens is 304 g/mol. The van der Waals surface area contributed by atoms with Crippen LogP contribution in [0.2, 0.25) is 0 Å². The first kappa shape index (κ1) is 17.7. The van der Waals surface area contributed by atoms with E-state index in [9.17, 15) is 4.79 Å². The SMILES string of the molecule is CCc1nc(C)cc(NCc2cccc(OCC(=O)N(C)C)c2)n1. The second kappa shape index (κ2) is 8.29. The van der Waals surface area contributed by atoms with Crippen molar-refractivity contribution in [3.63, 3.8) is 0 Å². The number of carbonyl (C=O) groups excluding carboxylic acids is 1. The molecular formula is C18H24N4O2. The van der Waals surface area contributed by atoms with Crippen LogP contribution in [0.5, 0.6) is 5.75 Å². The lowest BCUT2D eigenvalue weighted by molar-refractivity contribution is -0.130. The molecule has 0 atom stereocenters. The van der Waals surface area contributed by atoms with E-state index in [0.29, 0.717) is 12.3 Å². The molecule has 0 unspecified atom stereocenters. The Labute approximate surface area is 142 Å². The van der Waals surface area contributed by atoms with Crippen LogP contribution in [-0.4, -0.2) is 41.5 Å². The third kappa shape index (κ3) is 5.22. The Bertz CT molecular complexity index is 701. The lowest BCUT2D eigenvalue weighted by Crippen LogP contribution is -2.27. The number of hydrogen-bond donors (Lipinski definition) is 1. The van der Waals surface area contributed by atoms with Gasteiger partial charge in [0.05, 0.1) is 0 Å². The Hall–Kier alpha value is -2.63. The number of carbonyl (C=O) groups is 1. The van der Waals surface area contributed by atoms with E-state index in [-0.39, 0.29) is 12.5 Å². The quantitative estimate of drug-likeness (QED) is 0.845. The number of aryl methyl sites for hydroxylation is 2. The van der Waals surface area contributed by atoms with Crippen molar-refractivity contribution in [1.29, 1.82) is 0 Å². The molecule has 128 valence electrons.